The molecule has 130 valence electrons. The van der Waals surface area contributed by atoms with E-state index in [1.165, 1.54) is 12.8 Å². The van der Waals surface area contributed by atoms with Gasteiger partial charge in [-0.2, -0.15) is 0 Å². The molecule has 0 radical (unpaired) electrons. The van der Waals surface area contributed by atoms with Gasteiger partial charge in [0.1, 0.15) is 0 Å². The van der Waals surface area contributed by atoms with Gasteiger partial charge in [-0.3, -0.25) is 4.79 Å². The lowest BCUT2D eigenvalue weighted by molar-refractivity contribution is -0.122. The van der Waals surface area contributed by atoms with E-state index in [0.29, 0.717) is 30.7 Å². The maximum absolute atomic E-state index is 12.1. The lowest BCUT2D eigenvalue weighted by Crippen LogP contribution is -2.33. The minimum absolute atomic E-state index is 0.108. The Labute approximate surface area is 139 Å². The molecular formula is C18H31N3O2. The summed E-state index contributed by atoms with van der Waals surface area (Å²) in [6.07, 6.45) is 5.06. The van der Waals surface area contributed by atoms with Crippen molar-refractivity contribution in [1.82, 2.24) is 15.8 Å². The minimum atomic E-state index is 0.108. The lowest BCUT2D eigenvalue weighted by Gasteiger charge is -2.27. The van der Waals surface area contributed by atoms with E-state index in [9.17, 15) is 4.79 Å². The molecule has 1 aliphatic heterocycles. The van der Waals surface area contributed by atoms with Gasteiger partial charge in [0.05, 0.1) is 12.2 Å². The number of nitrogens with zero attached hydrogens (tertiary/aromatic N) is 1. The fourth-order valence-corrected chi connectivity index (χ4v) is 3.44. The summed E-state index contributed by atoms with van der Waals surface area (Å²) in [5.74, 6) is 2.40. The van der Waals surface area contributed by atoms with Crippen LogP contribution in [0.5, 0.6) is 0 Å². The van der Waals surface area contributed by atoms with Crippen molar-refractivity contribution in [1.29, 1.82) is 0 Å². The number of rotatable bonds is 8. The topological polar surface area (TPSA) is 67.2 Å². The summed E-state index contributed by atoms with van der Waals surface area (Å²) in [4.78, 5) is 12.1. The highest BCUT2D eigenvalue weighted by molar-refractivity contribution is 5.76. The van der Waals surface area contributed by atoms with Crippen molar-refractivity contribution >= 4 is 5.91 Å². The maximum Gasteiger partial charge on any atom is 0.220 e. The summed E-state index contributed by atoms with van der Waals surface area (Å²) in [6, 6.07) is 1.98. The highest BCUT2D eigenvalue weighted by Gasteiger charge is 2.22. The van der Waals surface area contributed by atoms with Crippen LogP contribution in [-0.2, 0) is 11.3 Å². The molecule has 0 saturated carbocycles. The Morgan fingerprint density at radius 1 is 1.39 bits per heavy atom. The van der Waals surface area contributed by atoms with Crippen LogP contribution in [0.1, 0.15) is 70.2 Å². The predicted molar refractivity (Wildman–Crippen MR) is 91.0 cm³/mol. The zero-order valence-corrected chi connectivity index (χ0v) is 14.7. The fourth-order valence-electron chi connectivity index (χ4n) is 3.44. The van der Waals surface area contributed by atoms with Crippen LogP contribution in [0.2, 0.25) is 0 Å². The van der Waals surface area contributed by atoms with E-state index in [1.807, 2.05) is 6.07 Å². The molecule has 23 heavy (non-hydrogen) atoms. The summed E-state index contributed by atoms with van der Waals surface area (Å²) in [5.41, 5.74) is 1.00. The fraction of sp³-hybridized carbons (Fsp3) is 0.778. The van der Waals surface area contributed by atoms with Crippen LogP contribution >= 0.6 is 0 Å². The molecule has 1 aliphatic rings. The molecule has 0 spiro atoms. The van der Waals surface area contributed by atoms with Gasteiger partial charge in [-0.25, -0.2) is 0 Å². The van der Waals surface area contributed by atoms with Gasteiger partial charge in [0.15, 0.2) is 5.76 Å². The van der Waals surface area contributed by atoms with E-state index in [0.717, 1.165) is 37.4 Å². The first kappa shape index (κ1) is 18.0. The Morgan fingerprint density at radius 3 is 2.74 bits per heavy atom. The third-order valence-electron chi connectivity index (χ3n) is 5.14. The van der Waals surface area contributed by atoms with Gasteiger partial charge < -0.3 is 15.2 Å². The van der Waals surface area contributed by atoms with Crippen molar-refractivity contribution in [2.75, 3.05) is 13.1 Å². The van der Waals surface area contributed by atoms with Gasteiger partial charge in [-0.1, -0.05) is 25.9 Å². The van der Waals surface area contributed by atoms with Crippen LogP contribution in [0.4, 0.5) is 0 Å². The summed E-state index contributed by atoms with van der Waals surface area (Å²) in [6.45, 7) is 9.10. The van der Waals surface area contributed by atoms with Crippen LogP contribution in [0.3, 0.4) is 0 Å². The first-order valence-electron chi connectivity index (χ1n) is 9.06. The standard InChI is InChI=1S/C18H31N3O2/c1-4-14(5-2)17-11-16(23-21-17)12-20-18(22)10-13(3)15-6-8-19-9-7-15/h11,13-15,19H,4-10,12H2,1-3H3,(H,20,22). The number of carbonyl (C=O) groups excluding carboxylic acids is 1. The average Bonchev–Trinajstić information content (AvgIpc) is 3.04. The number of hydrogen-bond acceptors (Lipinski definition) is 4. The molecule has 1 amide bonds. The van der Waals surface area contributed by atoms with E-state index < -0.39 is 0 Å². The van der Waals surface area contributed by atoms with Crippen LogP contribution in [0.15, 0.2) is 10.6 Å². The number of aromatic nitrogens is 1. The number of amides is 1. The van der Waals surface area contributed by atoms with Crippen molar-refractivity contribution in [3.63, 3.8) is 0 Å². The van der Waals surface area contributed by atoms with Crippen molar-refractivity contribution in [2.45, 2.75) is 65.3 Å². The van der Waals surface area contributed by atoms with E-state index in [2.05, 4.69) is 36.6 Å². The Balaban J connectivity index is 1.75. The Kier molecular flexibility index (Phi) is 7.09. The van der Waals surface area contributed by atoms with E-state index >= 15 is 0 Å². The zero-order valence-electron chi connectivity index (χ0n) is 14.7. The summed E-state index contributed by atoms with van der Waals surface area (Å²) < 4.78 is 5.35. The maximum atomic E-state index is 12.1. The van der Waals surface area contributed by atoms with Crippen LogP contribution in [0.25, 0.3) is 0 Å². The van der Waals surface area contributed by atoms with Gasteiger partial charge in [-0.15, -0.1) is 0 Å². The molecule has 2 rings (SSSR count). The molecule has 5 heteroatoms. The monoisotopic (exact) mass is 321 g/mol. The molecular weight excluding hydrogens is 290 g/mol. The van der Waals surface area contributed by atoms with Crippen molar-refractivity contribution in [3.05, 3.63) is 17.5 Å². The van der Waals surface area contributed by atoms with Crippen molar-refractivity contribution in [3.8, 4) is 0 Å². The molecule has 1 unspecified atom stereocenters. The first-order valence-corrected chi connectivity index (χ1v) is 9.06. The number of carbonyl (C=O) groups is 1. The SMILES string of the molecule is CCC(CC)c1cc(CNC(=O)CC(C)C2CCNCC2)on1. The van der Waals surface area contributed by atoms with Gasteiger partial charge in [0.25, 0.3) is 0 Å². The van der Waals surface area contributed by atoms with Crippen LogP contribution in [0, 0.1) is 11.8 Å². The Bertz CT molecular complexity index is 476. The molecule has 1 aromatic heterocycles. The molecule has 0 aliphatic carbocycles. The second-order valence-corrected chi connectivity index (χ2v) is 6.78. The Hall–Kier alpha value is -1.36. The predicted octanol–water partition coefficient (Wildman–Crippen LogP) is 3.22. The zero-order chi connectivity index (χ0) is 16.7. The largest absolute Gasteiger partial charge is 0.359 e. The van der Waals surface area contributed by atoms with Crippen LogP contribution in [-0.4, -0.2) is 24.2 Å². The smallest absolute Gasteiger partial charge is 0.220 e. The molecule has 0 aromatic carbocycles. The van der Waals surface area contributed by atoms with Gasteiger partial charge in [-0.05, 0) is 50.6 Å². The van der Waals surface area contributed by atoms with Gasteiger partial charge in [0, 0.05) is 18.4 Å². The summed E-state index contributed by atoms with van der Waals surface area (Å²) in [5, 5.41) is 10.5. The molecule has 1 saturated heterocycles. The third kappa shape index (κ3) is 5.34. The normalized spacial score (nSPS) is 17.4. The first-order chi connectivity index (χ1) is 11.1. The van der Waals surface area contributed by atoms with E-state index in [4.69, 9.17) is 4.52 Å². The molecule has 5 nitrogen and oxygen atoms in total. The van der Waals surface area contributed by atoms with E-state index in [-0.39, 0.29) is 5.91 Å². The number of hydrogen-bond donors (Lipinski definition) is 2. The second-order valence-electron chi connectivity index (χ2n) is 6.78. The molecule has 1 aromatic rings. The molecule has 0 bridgehead atoms. The number of piperidine rings is 1. The van der Waals surface area contributed by atoms with Crippen molar-refractivity contribution in [2.24, 2.45) is 11.8 Å². The third-order valence-corrected chi connectivity index (χ3v) is 5.14. The molecule has 1 fully saturated rings. The summed E-state index contributed by atoms with van der Waals surface area (Å²) in [7, 11) is 0. The van der Waals surface area contributed by atoms with Crippen molar-refractivity contribution < 1.29 is 9.32 Å². The summed E-state index contributed by atoms with van der Waals surface area (Å²) >= 11 is 0. The quantitative estimate of drug-likeness (QED) is 0.771. The number of nitrogens with one attached hydrogen (secondary N) is 2. The van der Waals surface area contributed by atoms with Crippen LogP contribution < -0.4 is 10.6 Å². The minimum Gasteiger partial charge on any atom is -0.359 e. The van der Waals surface area contributed by atoms with Gasteiger partial charge in [0.2, 0.25) is 5.91 Å². The Morgan fingerprint density at radius 2 is 2.09 bits per heavy atom. The molecule has 2 N–H and O–H groups in total. The lowest BCUT2D eigenvalue weighted by atomic mass is 9.84. The second kappa shape index (κ2) is 9.06. The highest BCUT2D eigenvalue weighted by Crippen LogP contribution is 2.24. The highest BCUT2D eigenvalue weighted by atomic mass is 16.5. The average molecular weight is 321 g/mol. The van der Waals surface area contributed by atoms with Gasteiger partial charge >= 0.3 is 0 Å². The molecule has 2 heterocycles. The molecule has 1 atom stereocenters. The van der Waals surface area contributed by atoms with E-state index in [1.54, 1.807) is 0 Å².